The number of hydrogen-bond donors (Lipinski definition) is 0. The van der Waals surface area contributed by atoms with Gasteiger partial charge in [-0.15, -0.1) is 0 Å². The maximum Gasteiger partial charge on any atom is 0.146 e. The Morgan fingerprint density at radius 3 is 2.45 bits per heavy atom. The highest BCUT2D eigenvalue weighted by Gasteiger charge is 2.28. The van der Waals surface area contributed by atoms with Crippen LogP contribution >= 0.6 is 34.2 Å². The van der Waals surface area contributed by atoms with E-state index < -0.39 is 0 Å². The molecule has 5 heteroatoms. The first-order valence-electron chi connectivity index (χ1n) is 6.23. The zero-order valence-corrected chi connectivity index (χ0v) is 14.6. The number of hydrogen-bond acceptors (Lipinski definition) is 3. The van der Waals surface area contributed by atoms with Gasteiger partial charge in [-0.05, 0) is 42.0 Å². The van der Waals surface area contributed by atoms with E-state index in [1.54, 1.807) is 7.11 Å². The average Bonchev–Trinajstić information content (AvgIpc) is 2.44. The molecule has 1 aromatic heterocycles. The molecule has 0 N–H and O–H groups in total. The van der Waals surface area contributed by atoms with Gasteiger partial charge in [-0.2, -0.15) is 0 Å². The maximum atomic E-state index is 6.23. The molecule has 0 aliphatic heterocycles. The largest absolute Gasteiger partial charge is 0.378 e. The van der Waals surface area contributed by atoms with E-state index in [0.717, 1.165) is 14.8 Å². The van der Waals surface area contributed by atoms with Crippen LogP contribution in [-0.2, 0) is 16.8 Å². The van der Waals surface area contributed by atoms with E-state index in [4.69, 9.17) is 16.3 Å². The minimum absolute atomic E-state index is 0.308. The van der Waals surface area contributed by atoms with Crippen molar-refractivity contribution >= 4 is 34.2 Å². The Balaban J connectivity index is 2.52. The molecule has 0 saturated heterocycles. The van der Waals surface area contributed by atoms with Crippen molar-refractivity contribution in [2.45, 2.75) is 25.9 Å². The molecule has 0 atom stereocenters. The normalized spacial score (nSPS) is 11.7. The average molecular weight is 403 g/mol. The molecule has 0 bridgehead atoms. The van der Waals surface area contributed by atoms with Crippen LogP contribution in [-0.4, -0.2) is 17.1 Å². The van der Waals surface area contributed by atoms with Gasteiger partial charge in [0.15, 0.2) is 0 Å². The number of halogens is 2. The first-order chi connectivity index (χ1) is 9.46. The van der Waals surface area contributed by atoms with Gasteiger partial charge in [0.25, 0.3) is 0 Å². The first kappa shape index (κ1) is 15.7. The third-order valence-corrected chi connectivity index (χ3v) is 4.94. The number of rotatable bonds is 4. The molecule has 0 amide bonds. The second-order valence-corrected chi connectivity index (χ2v) is 6.46. The SMILES string of the molecule is COCc1nc(C(C)(C)c2ccccc2)nc(Cl)c1I. The summed E-state index contributed by atoms with van der Waals surface area (Å²) in [6.45, 7) is 4.62. The van der Waals surface area contributed by atoms with E-state index in [-0.39, 0.29) is 5.41 Å². The molecule has 20 heavy (non-hydrogen) atoms. The summed E-state index contributed by atoms with van der Waals surface area (Å²) in [4.78, 5) is 9.10. The minimum Gasteiger partial charge on any atom is -0.378 e. The molecule has 0 fully saturated rings. The zero-order chi connectivity index (χ0) is 14.8. The van der Waals surface area contributed by atoms with Crippen LogP contribution in [0.25, 0.3) is 0 Å². The lowest BCUT2D eigenvalue weighted by Crippen LogP contribution is -2.23. The highest BCUT2D eigenvalue weighted by Crippen LogP contribution is 2.31. The molecule has 106 valence electrons. The molecule has 2 aromatic rings. The van der Waals surface area contributed by atoms with Crippen LogP contribution in [0.1, 0.15) is 30.9 Å². The third-order valence-electron chi connectivity index (χ3n) is 3.21. The van der Waals surface area contributed by atoms with E-state index in [2.05, 4.69) is 58.5 Å². The fourth-order valence-electron chi connectivity index (χ4n) is 1.96. The maximum absolute atomic E-state index is 6.23. The lowest BCUT2D eigenvalue weighted by atomic mass is 9.84. The molecule has 0 aliphatic carbocycles. The van der Waals surface area contributed by atoms with Gasteiger partial charge in [0.2, 0.25) is 0 Å². The van der Waals surface area contributed by atoms with Crippen molar-refractivity contribution in [2.24, 2.45) is 0 Å². The van der Waals surface area contributed by atoms with Gasteiger partial charge in [0, 0.05) is 12.5 Å². The third kappa shape index (κ3) is 3.13. The van der Waals surface area contributed by atoms with E-state index in [1.165, 1.54) is 0 Å². The summed E-state index contributed by atoms with van der Waals surface area (Å²) in [6.07, 6.45) is 0. The highest BCUT2D eigenvalue weighted by molar-refractivity contribution is 14.1. The summed E-state index contributed by atoms with van der Waals surface area (Å²) in [5.74, 6) is 0.709. The van der Waals surface area contributed by atoms with Gasteiger partial charge in [-0.25, -0.2) is 9.97 Å². The Kier molecular flexibility index (Phi) is 4.99. The number of benzene rings is 1. The van der Waals surface area contributed by atoms with Crippen molar-refractivity contribution < 1.29 is 4.74 Å². The first-order valence-corrected chi connectivity index (χ1v) is 7.69. The Labute approximate surface area is 137 Å². The van der Waals surface area contributed by atoms with E-state index in [9.17, 15) is 0 Å². The van der Waals surface area contributed by atoms with Crippen molar-refractivity contribution in [3.8, 4) is 0 Å². The summed E-state index contributed by atoms with van der Waals surface area (Å²) in [5, 5.41) is 0.478. The molecule has 1 heterocycles. The Hall–Kier alpha value is -0.720. The van der Waals surface area contributed by atoms with Gasteiger partial charge >= 0.3 is 0 Å². The minimum atomic E-state index is -0.308. The number of methoxy groups -OCH3 is 1. The van der Waals surface area contributed by atoms with Crippen molar-refractivity contribution in [1.29, 1.82) is 0 Å². The van der Waals surface area contributed by atoms with Crippen LogP contribution in [0.4, 0.5) is 0 Å². The molecule has 0 unspecified atom stereocenters. The molecule has 0 aliphatic rings. The second kappa shape index (κ2) is 6.37. The molecule has 3 nitrogen and oxygen atoms in total. The lowest BCUT2D eigenvalue weighted by molar-refractivity contribution is 0.180. The van der Waals surface area contributed by atoms with Crippen LogP contribution in [0.3, 0.4) is 0 Å². The number of nitrogens with zero attached hydrogens (tertiary/aromatic N) is 2. The number of ether oxygens (including phenoxy) is 1. The highest BCUT2D eigenvalue weighted by atomic mass is 127. The van der Waals surface area contributed by atoms with Crippen molar-refractivity contribution in [3.05, 3.63) is 56.1 Å². The molecule has 0 spiro atoms. The molecule has 2 rings (SSSR count). The summed E-state index contributed by atoms with van der Waals surface area (Å²) in [6, 6.07) is 10.2. The van der Waals surface area contributed by atoms with Gasteiger partial charge in [0.05, 0.1) is 15.9 Å². The Morgan fingerprint density at radius 1 is 1.20 bits per heavy atom. The lowest BCUT2D eigenvalue weighted by Gasteiger charge is -2.24. The van der Waals surface area contributed by atoms with Crippen molar-refractivity contribution in [2.75, 3.05) is 7.11 Å². The van der Waals surface area contributed by atoms with Gasteiger partial charge in [0.1, 0.15) is 11.0 Å². The summed E-state index contributed by atoms with van der Waals surface area (Å²) in [5.41, 5.74) is 1.67. The molecular formula is C15H16ClIN2O. The van der Waals surface area contributed by atoms with Crippen LogP contribution in [0, 0.1) is 3.57 Å². The monoisotopic (exact) mass is 402 g/mol. The standard InChI is InChI=1S/C15H16ClIN2O/c1-15(2,10-7-5-4-6-8-10)14-18-11(9-20-3)12(17)13(16)19-14/h4-8H,9H2,1-3H3. The van der Waals surface area contributed by atoms with Crippen molar-refractivity contribution in [3.63, 3.8) is 0 Å². The topological polar surface area (TPSA) is 35.0 Å². The van der Waals surface area contributed by atoms with Gasteiger partial charge in [-0.3, -0.25) is 0 Å². The fourth-order valence-corrected chi connectivity index (χ4v) is 2.54. The number of aromatic nitrogens is 2. The molecule has 1 aromatic carbocycles. The van der Waals surface area contributed by atoms with E-state index in [0.29, 0.717) is 17.6 Å². The van der Waals surface area contributed by atoms with Gasteiger partial charge < -0.3 is 4.74 Å². The van der Waals surface area contributed by atoms with Crippen LogP contribution in [0.2, 0.25) is 5.15 Å². The fraction of sp³-hybridized carbons (Fsp3) is 0.333. The second-order valence-electron chi connectivity index (χ2n) is 5.02. The smallest absolute Gasteiger partial charge is 0.146 e. The molecule has 0 radical (unpaired) electrons. The molecule has 0 saturated carbocycles. The van der Waals surface area contributed by atoms with Gasteiger partial charge in [-0.1, -0.05) is 41.9 Å². The summed E-state index contributed by atoms with van der Waals surface area (Å²) < 4.78 is 6.03. The Bertz CT molecular complexity index is 602. The van der Waals surface area contributed by atoms with Crippen molar-refractivity contribution in [1.82, 2.24) is 9.97 Å². The van der Waals surface area contributed by atoms with E-state index in [1.807, 2.05) is 18.2 Å². The van der Waals surface area contributed by atoms with Crippen LogP contribution in [0.15, 0.2) is 30.3 Å². The quantitative estimate of drug-likeness (QED) is 0.568. The van der Waals surface area contributed by atoms with Crippen LogP contribution < -0.4 is 0 Å². The summed E-state index contributed by atoms with van der Waals surface area (Å²) >= 11 is 8.38. The van der Waals surface area contributed by atoms with E-state index >= 15 is 0 Å². The summed E-state index contributed by atoms with van der Waals surface area (Å²) in [7, 11) is 1.65. The molecular weight excluding hydrogens is 387 g/mol. The Morgan fingerprint density at radius 2 is 1.85 bits per heavy atom. The van der Waals surface area contributed by atoms with Crippen LogP contribution in [0.5, 0.6) is 0 Å². The zero-order valence-electron chi connectivity index (χ0n) is 11.7. The predicted molar refractivity (Wildman–Crippen MR) is 89.0 cm³/mol. The predicted octanol–water partition coefficient (Wildman–Crippen LogP) is 4.21.